The molecule has 0 aliphatic carbocycles. The minimum absolute atomic E-state index is 0.269. The van der Waals surface area contributed by atoms with Crippen LogP contribution in [0.25, 0.3) is 0 Å². The molecule has 1 aromatic rings. The fourth-order valence-corrected chi connectivity index (χ4v) is 1.41. The molecular weight excluding hydrogens is 164 g/mol. The maximum absolute atomic E-state index is 11.1. The molecule has 13 heavy (non-hydrogen) atoms. The van der Waals surface area contributed by atoms with E-state index in [-0.39, 0.29) is 5.78 Å². The minimum Gasteiger partial charge on any atom is -0.493 e. The van der Waals surface area contributed by atoms with Crippen LogP contribution in [-0.2, 0) is 6.42 Å². The van der Waals surface area contributed by atoms with Gasteiger partial charge in [0, 0.05) is 12.0 Å². The monoisotopic (exact) mass is 172 g/mol. The average Bonchev–Trinajstić information content (AvgIpc) is 2.63. The first-order valence-electron chi connectivity index (χ1n) is 4.08. The van der Waals surface area contributed by atoms with Crippen molar-refractivity contribution in [3.63, 3.8) is 0 Å². The Morgan fingerprint density at radius 3 is 3.15 bits per heavy atom. The summed E-state index contributed by atoms with van der Waals surface area (Å²) < 4.78 is 5.30. The fourth-order valence-electron chi connectivity index (χ4n) is 1.41. The van der Waals surface area contributed by atoms with Gasteiger partial charge in [-0.1, -0.05) is 0 Å². The molecule has 0 amide bonds. The summed E-state index contributed by atoms with van der Waals surface area (Å²) in [5.41, 5.74) is 1.65. The molecular formula is C11H8O2. The predicted molar refractivity (Wildman–Crippen MR) is 48.8 cm³/mol. The second-order valence-electron chi connectivity index (χ2n) is 2.89. The van der Waals surface area contributed by atoms with Crippen LogP contribution >= 0.6 is 0 Å². The molecule has 0 N–H and O–H groups in total. The molecule has 0 radical (unpaired) electrons. The third-order valence-corrected chi connectivity index (χ3v) is 2.08. The van der Waals surface area contributed by atoms with Crippen LogP contribution in [0.3, 0.4) is 0 Å². The summed E-state index contributed by atoms with van der Waals surface area (Å²) in [6, 6.07) is 5.31. The summed E-state index contributed by atoms with van der Waals surface area (Å²) in [5.74, 6) is 2.69. The highest BCUT2D eigenvalue weighted by atomic mass is 16.5. The first kappa shape index (κ1) is 7.88. The van der Waals surface area contributed by atoms with Gasteiger partial charge in [0.05, 0.1) is 6.61 Å². The van der Waals surface area contributed by atoms with E-state index >= 15 is 0 Å². The molecule has 1 aliphatic heterocycles. The lowest BCUT2D eigenvalue weighted by Gasteiger charge is -1.99. The highest BCUT2D eigenvalue weighted by molar-refractivity contribution is 6.08. The molecule has 2 heteroatoms. The second kappa shape index (κ2) is 2.95. The van der Waals surface area contributed by atoms with Gasteiger partial charge in [-0.2, -0.15) is 0 Å². The number of fused-ring (bicyclic) bond motifs is 1. The number of terminal acetylenes is 1. The van der Waals surface area contributed by atoms with E-state index in [1.54, 1.807) is 12.1 Å². The van der Waals surface area contributed by atoms with E-state index in [2.05, 4.69) is 5.92 Å². The van der Waals surface area contributed by atoms with Gasteiger partial charge in [-0.3, -0.25) is 4.79 Å². The molecule has 0 fully saturated rings. The van der Waals surface area contributed by atoms with Crippen molar-refractivity contribution >= 4 is 5.78 Å². The Morgan fingerprint density at radius 2 is 2.38 bits per heavy atom. The van der Waals surface area contributed by atoms with Crippen molar-refractivity contribution in [3.05, 3.63) is 29.3 Å². The van der Waals surface area contributed by atoms with Gasteiger partial charge in [0.1, 0.15) is 5.75 Å². The highest BCUT2D eigenvalue weighted by Crippen LogP contribution is 2.25. The number of rotatable bonds is 1. The first-order chi connectivity index (χ1) is 6.31. The molecule has 0 bridgehead atoms. The second-order valence-corrected chi connectivity index (χ2v) is 2.89. The van der Waals surface area contributed by atoms with Crippen molar-refractivity contribution < 1.29 is 9.53 Å². The number of Topliss-reactive ketones (excluding diaryl/α,β-unsaturated/α-hetero) is 1. The van der Waals surface area contributed by atoms with Gasteiger partial charge in [-0.15, -0.1) is 6.42 Å². The van der Waals surface area contributed by atoms with Crippen molar-refractivity contribution in [2.75, 3.05) is 6.61 Å². The third kappa shape index (κ3) is 1.29. The zero-order valence-electron chi connectivity index (χ0n) is 7.04. The summed E-state index contributed by atoms with van der Waals surface area (Å²) in [6.45, 7) is 0.697. The summed E-state index contributed by atoms with van der Waals surface area (Å²) in [5, 5.41) is 0. The average molecular weight is 172 g/mol. The number of ketones is 1. The number of ether oxygens (including phenoxy) is 1. The van der Waals surface area contributed by atoms with Crippen LogP contribution in [0.2, 0.25) is 0 Å². The third-order valence-electron chi connectivity index (χ3n) is 2.08. The van der Waals surface area contributed by atoms with E-state index in [4.69, 9.17) is 11.2 Å². The van der Waals surface area contributed by atoms with Crippen LogP contribution in [0.15, 0.2) is 18.2 Å². The summed E-state index contributed by atoms with van der Waals surface area (Å²) >= 11 is 0. The van der Waals surface area contributed by atoms with Crippen molar-refractivity contribution in [1.29, 1.82) is 0 Å². The number of hydrogen-bond acceptors (Lipinski definition) is 2. The fraction of sp³-hybridized carbons (Fsp3) is 0.182. The van der Waals surface area contributed by atoms with Gasteiger partial charge in [0.2, 0.25) is 5.78 Å². The zero-order chi connectivity index (χ0) is 9.26. The quantitative estimate of drug-likeness (QED) is 0.364. The van der Waals surface area contributed by atoms with Gasteiger partial charge < -0.3 is 4.74 Å². The van der Waals surface area contributed by atoms with Crippen LogP contribution in [0.5, 0.6) is 5.75 Å². The Morgan fingerprint density at radius 1 is 1.54 bits per heavy atom. The van der Waals surface area contributed by atoms with Gasteiger partial charge >= 0.3 is 0 Å². The van der Waals surface area contributed by atoms with E-state index in [1.807, 2.05) is 6.07 Å². The van der Waals surface area contributed by atoms with Crippen molar-refractivity contribution in [1.82, 2.24) is 0 Å². The Hall–Kier alpha value is -1.75. The van der Waals surface area contributed by atoms with Crippen LogP contribution in [0.4, 0.5) is 0 Å². The maximum atomic E-state index is 11.1. The molecule has 0 saturated carbocycles. The Labute approximate surface area is 76.5 Å². The van der Waals surface area contributed by atoms with Crippen LogP contribution in [0.1, 0.15) is 15.9 Å². The van der Waals surface area contributed by atoms with Crippen molar-refractivity contribution in [2.45, 2.75) is 6.42 Å². The lowest BCUT2D eigenvalue weighted by atomic mass is 10.1. The van der Waals surface area contributed by atoms with Crippen molar-refractivity contribution in [2.24, 2.45) is 0 Å². The Balaban J connectivity index is 2.43. The van der Waals surface area contributed by atoms with E-state index in [0.29, 0.717) is 12.2 Å². The molecule has 1 aromatic carbocycles. The summed E-state index contributed by atoms with van der Waals surface area (Å²) in [4.78, 5) is 11.1. The Bertz CT molecular complexity index is 399. The normalized spacial score (nSPS) is 12.8. The van der Waals surface area contributed by atoms with Crippen molar-refractivity contribution in [3.8, 4) is 18.1 Å². The summed E-state index contributed by atoms with van der Waals surface area (Å²) in [6.07, 6.45) is 5.88. The number of carbonyl (C=O) groups excluding carboxylic acids is 1. The molecule has 2 rings (SSSR count). The summed E-state index contributed by atoms with van der Waals surface area (Å²) in [7, 11) is 0. The van der Waals surface area contributed by atoms with E-state index < -0.39 is 0 Å². The number of carbonyl (C=O) groups is 1. The van der Waals surface area contributed by atoms with Crippen LogP contribution in [-0.4, -0.2) is 12.4 Å². The maximum Gasteiger partial charge on any atom is 0.235 e. The molecule has 0 saturated heterocycles. The molecule has 1 aliphatic rings. The van der Waals surface area contributed by atoms with E-state index in [1.165, 1.54) is 0 Å². The molecule has 64 valence electrons. The van der Waals surface area contributed by atoms with Gasteiger partial charge in [0.15, 0.2) is 0 Å². The van der Waals surface area contributed by atoms with E-state index in [0.717, 1.165) is 17.7 Å². The van der Waals surface area contributed by atoms with E-state index in [9.17, 15) is 4.79 Å². The Kier molecular flexibility index (Phi) is 1.79. The minimum atomic E-state index is -0.269. The lowest BCUT2D eigenvalue weighted by molar-refractivity contribution is 0.105. The zero-order valence-corrected chi connectivity index (χ0v) is 7.04. The van der Waals surface area contributed by atoms with Gasteiger partial charge in [-0.05, 0) is 29.7 Å². The topological polar surface area (TPSA) is 26.3 Å². The predicted octanol–water partition coefficient (Wildman–Crippen LogP) is 1.44. The van der Waals surface area contributed by atoms with Crippen LogP contribution in [0, 0.1) is 12.3 Å². The number of hydrogen-bond donors (Lipinski definition) is 0. The molecule has 2 nitrogen and oxygen atoms in total. The molecule has 0 atom stereocenters. The smallest absolute Gasteiger partial charge is 0.235 e. The van der Waals surface area contributed by atoms with Gasteiger partial charge in [0.25, 0.3) is 0 Å². The SMILES string of the molecule is C#CC(=O)c1ccc2c(c1)CCO2. The first-order valence-corrected chi connectivity index (χ1v) is 4.08. The molecule has 1 heterocycles. The molecule has 0 spiro atoms. The lowest BCUT2D eigenvalue weighted by Crippen LogP contribution is -1.94. The largest absolute Gasteiger partial charge is 0.493 e. The van der Waals surface area contributed by atoms with Gasteiger partial charge in [-0.25, -0.2) is 0 Å². The molecule has 0 aromatic heterocycles. The molecule has 0 unspecified atom stereocenters. The van der Waals surface area contributed by atoms with Crippen LogP contribution < -0.4 is 4.74 Å². The highest BCUT2D eigenvalue weighted by Gasteiger charge is 2.13. The standard InChI is InChI=1S/C11H8O2/c1-2-10(12)8-3-4-11-9(7-8)5-6-13-11/h1,3-4,7H,5-6H2. The number of benzene rings is 1.